The maximum Gasteiger partial charge on any atom is 0.330 e. The van der Waals surface area contributed by atoms with Gasteiger partial charge in [-0.1, -0.05) is 30.3 Å². The molecule has 2 N–H and O–H groups in total. The molecule has 2 rings (SSSR count). The average molecular weight is 354 g/mol. The molecule has 6 nitrogen and oxygen atoms in total. The Hall–Kier alpha value is -3.15. The molecule has 2 aromatic carbocycles. The topological polar surface area (TPSA) is 86.7 Å². The predicted molar refractivity (Wildman–Crippen MR) is 98.0 cm³/mol. The van der Waals surface area contributed by atoms with Crippen molar-refractivity contribution in [2.75, 3.05) is 13.1 Å². The Bertz CT molecular complexity index is 768. The van der Waals surface area contributed by atoms with E-state index in [0.29, 0.717) is 29.8 Å². The summed E-state index contributed by atoms with van der Waals surface area (Å²) in [4.78, 5) is 37.9. The first-order valence-corrected chi connectivity index (χ1v) is 8.45. The minimum absolute atomic E-state index is 0.102. The fourth-order valence-corrected chi connectivity index (χ4v) is 2.61. The van der Waals surface area contributed by atoms with E-state index >= 15 is 0 Å². The summed E-state index contributed by atoms with van der Waals surface area (Å²) in [7, 11) is 0. The van der Waals surface area contributed by atoms with Crippen LogP contribution >= 0.6 is 0 Å². The zero-order chi connectivity index (χ0) is 19.1. The number of carbonyl (C=O) groups excluding carboxylic acids is 2. The number of aliphatic carboxylic acids is 1. The number of rotatable bonds is 7. The fourth-order valence-electron chi connectivity index (χ4n) is 2.61. The summed E-state index contributed by atoms with van der Waals surface area (Å²) in [5.41, 5.74) is 1.27. The highest BCUT2D eigenvalue weighted by molar-refractivity contribution is 5.99. The van der Waals surface area contributed by atoms with Crippen molar-refractivity contribution in [2.24, 2.45) is 0 Å². The average Bonchev–Trinajstić information content (AvgIpc) is 2.67. The van der Waals surface area contributed by atoms with Gasteiger partial charge in [0.2, 0.25) is 0 Å². The minimum Gasteiger partial charge on any atom is -0.479 e. The van der Waals surface area contributed by atoms with Gasteiger partial charge in [-0.2, -0.15) is 0 Å². The molecule has 0 aliphatic carbocycles. The largest absolute Gasteiger partial charge is 0.479 e. The first kappa shape index (κ1) is 19.2. The lowest BCUT2D eigenvalue weighted by molar-refractivity contribution is -0.139. The van der Waals surface area contributed by atoms with Crippen LogP contribution in [0.4, 0.5) is 0 Å². The van der Waals surface area contributed by atoms with E-state index in [1.807, 2.05) is 13.8 Å². The molecular weight excluding hydrogens is 332 g/mol. The van der Waals surface area contributed by atoms with Crippen LogP contribution in [-0.2, 0) is 4.79 Å². The quantitative estimate of drug-likeness (QED) is 0.800. The van der Waals surface area contributed by atoms with Crippen LogP contribution in [-0.4, -0.2) is 40.9 Å². The lowest BCUT2D eigenvalue weighted by atomic mass is 10.1. The normalized spacial score (nSPS) is 11.5. The molecule has 2 amide bonds. The van der Waals surface area contributed by atoms with Gasteiger partial charge in [0.25, 0.3) is 11.8 Å². The van der Waals surface area contributed by atoms with Gasteiger partial charge in [0.05, 0.1) is 0 Å². The summed E-state index contributed by atoms with van der Waals surface area (Å²) in [5, 5.41) is 11.9. The van der Waals surface area contributed by atoms with Crippen LogP contribution < -0.4 is 5.32 Å². The molecule has 136 valence electrons. The number of nitrogens with zero attached hydrogens (tertiary/aromatic N) is 1. The van der Waals surface area contributed by atoms with E-state index in [2.05, 4.69) is 5.32 Å². The SMILES string of the molecule is CCN(CC)C(=O)c1ccc(C(=O)NC(C(=O)O)c2ccccc2)cc1. The zero-order valence-electron chi connectivity index (χ0n) is 14.8. The standard InChI is InChI=1S/C20H22N2O4/c1-3-22(4-2)19(24)16-12-10-15(11-13-16)18(23)21-17(20(25)26)14-8-6-5-7-9-14/h5-13,17H,3-4H2,1-2H3,(H,21,23)(H,25,26). The number of benzene rings is 2. The molecule has 26 heavy (non-hydrogen) atoms. The summed E-state index contributed by atoms with van der Waals surface area (Å²) in [6.45, 7) is 5.02. The van der Waals surface area contributed by atoms with E-state index in [-0.39, 0.29) is 5.91 Å². The molecule has 0 fully saturated rings. The van der Waals surface area contributed by atoms with Crippen molar-refractivity contribution in [3.05, 3.63) is 71.3 Å². The Balaban J connectivity index is 2.14. The first-order chi connectivity index (χ1) is 12.5. The predicted octanol–water partition coefficient (Wildman–Crippen LogP) is 2.72. The number of amides is 2. The highest BCUT2D eigenvalue weighted by atomic mass is 16.4. The molecule has 0 spiro atoms. The molecule has 0 aliphatic heterocycles. The van der Waals surface area contributed by atoms with Gasteiger partial charge in [-0.3, -0.25) is 9.59 Å². The summed E-state index contributed by atoms with van der Waals surface area (Å²) in [6, 6.07) is 13.6. The molecule has 0 aromatic heterocycles. The Morgan fingerprint density at radius 2 is 1.46 bits per heavy atom. The van der Waals surface area contributed by atoms with Gasteiger partial charge in [0.15, 0.2) is 6.04 Å². The van der Waals surface area contributed by atoms with Crippen molar-refractivity contribution in [2.45, 2.75) is 19.9 Å². The molecule has 1 atom stereocenters. The number of carboxylic acid groups (broad SMARTS) is 1. The number of carboxylic acids is 1. The van der Waals surface area contributed by atoms with Gasteiger partial charge < -0.3 is 15.3 Å². The van der Waals surface area contributed by atoms with Gasteiger partial charge in [-0.15, -0.1) is 0 Å². The second kappa shape index (κ2) is 8.80. The summed E-state index contributed by atoms with van der Waals surface area (Å²) >= 11 is 0. The van der Waals surface area contributed by atoms with Crippen LogP contribution in [0.2, 0.25) is 0 Å². The van der Waals surface area contributed by atoms with Crippen molar-refractivity contribution < 1.29 is 19.5 Å². The zero-order valence-corrected chi connectivity index (χ0v) is 14.8. The Labute approximate surface area is 152 Å². The fraction of sp³-hybridized carbons (Fsp3) is 0.250. The Morgan fingerprint density at radius 1 is 0.923 bits per heavy atom. The van der Waals surface area contributed by atoms with Crippen LogP contribution in [0, 0.1) is 0 Å². The molecule has 0 aliphatic rings. The van der Waals surface area contributed by atoms with Crippen molar-refractivity contribution in [3.8, 4) is 0 Å². The van der Waals surface area contributed by atoms with Crippen molar-refractivity contribution >= 4 is 17.8 Å². The van der Waals surface area contributed by atoms with Gasteiger partial charge in [-0.05, 0) is 43.7 Å². The molecule has 0 radical (unpaired) electrons. The van der Waals surface area contributed by atoms with Crippen LogP contribution in [0.15, 0.2) is 54.6 Å². The summed E-state index contributed by atoms with van der Waals surface area (Å²) < 4.78 is 0. The van der Waals surface area contributed by atoms with Crippen LogP contribution in [0.5, 0.6) is 0 Å². The second-order valence-electron chi connectivity index (χ2n) is 5.71. The van der Waals surface area contributed by atoms with E-state index in [4.69, 9.17) is 0 Å². The summed E-state index contributed by atoms with van der Waals surface area (Å²) in [6.07, 6.45) is 0. The molecule has 0 bridgehead atoms. The van der Waals surface area contributed by atoms with E-state index in [1.165, 1.54) is 12.1 Å². The second-order valence-corrected chi connectivity index (χ2v) is 5.71. The molecular formula is C20H22N2O4. The molecule has 1 unspecified atom stereocenters. The third-order valence-electron chi connectivity index (χ3n) is 4.10. The van der Waals surface area contributed by atoms with Crippen LogP contribution in [0.3, 0.4) is 0 Å². The minimum atomic E-state index is -1.14. The van der Waals surface area contributed by atoms with E-state index in [1.54, 1.807) is 47.4 Å². The number of nitrogens with one attached hydrogen (secondary N) is 1. The monoisotopic (exact) mass is 354 g/mol. The Morgan fingerprint density at radius 3 is 1.96 bits per heavy atom. The van der Waals surface area contributed by atoms with Crippen molar-refractivity contribution in [1.29, 1.82) is 0 Å². The van der Waals surface area contributed by atoms with Gasteiger partial charge >= 0.3 is 5.97 Å². The maximum atomic E-state index is 12.4. The highest BCUT2D eigenvalue weighted by Crippen LogP contribution is 2.14. The number of hydrogen-bond acceptors (Lipinski definition) is 3. The van der Waals surface area contributed by atoms with Crippen molar-refractivity contribution in [3.63, 3.8) is 0 Å². The molecule has 0 heterocycles. The van der Waals surface area contributed by atoms with E-state index in [9.17, 15) is 19.5 Å². The molecule has 2 aromatic rings. The third-order valence-corrected chi connectivity index (χ3v) is 4.10. The molecule has 0 saturated heterocycles. The highest BCUT2D eigenvalue weighted by Gasteiger charge is 2.22. The summed E-state index contributed by atoms with van der Waals surface area (Å²) in [5.74, 6) is -1.75. The number of hydrogen-bond donors (Lipinski definition) is 2. The van der Waals surface area contributed by atoms with E-state index < -0.39 is 17.9 Å². The third kappa shape index (κ3) is 4.47. The van der Waals surface area contributed by atoms with Gasteiger partial charge in [-0.25, -0.2) is 4.79 Å². The van der Waals surface area contributed by atoms with Crippen molar-refractivity contribution in [1.82, 2.24) is 10.2 Å². The lowest BCUT2D eigenvalue weighted by Crippen LogP contribution is -2.34. The van der Waals surface area contributed by atoms with Crippen LogP contribution in [0.1, 0.15) is 46.2 Å². The number of carbonyl (C=O) groups is 3. The smallest absolute Gasteiger partial charge is 0.330 e. The Kier molecular flexibility index (Phi) is 6.49. The lowest BCUT2D eigenvalue weighted by Gasteiger charge is -2.19. The van der Waals surface area contributed by atoms with Gasteiger partial charge in [0, 0.05) is 24.2 Å². The van der Waals surface area contributed by atoms with Gasteiger partial charge in [0.1, 0.15) is 0 Å². The first-order valence-electron chi connectivity index (χ1n) is 8.45. The molecule has 0 saturated carbocycles. The maximum absolute atomic E-state index is 12.4. The van der Waals surface area contributed by atoms with Crippen LogP contribution in [0.25, 0.3) is 0 Å². The van der Waals surface area contributed by atoms with E-state index in [0.717, 1.165) is 0 Å². The molecule has 6 heteroatoms.